The van der Waals surface area contributed by atoms with Crippen LogP contribution in [0.4, 0.5) is 0 Å². The first-order chi connectivity index (χ1) is 8.20. The van der Waals surface area contributed by atoms with Gasteiger partial charge in [0.2, 0.25) is 5.88 Å². The highest BCUT2D eigenvalue weighted by Crippen LogP contribution is 2.22. The molecule has 1 heterocycles. The van der Waals surface area contributed by atoms with Crippen LogP contribution in [0.25, 0.3) is 11.4 Å². The van der Waals surface area contributed by atoms with Crippen LogP contribution in [-0.4, -0.2) is 16.6 Å². The highest BCUT2D eigenvalue weighted by molar-refractivity contribution is 5.61. The Bertz CT molecular complexity index is 523. The summed E-state index contributed by atoms with van der Waals surface area (Å²) in [7, 11) is 0. The molecule has 0 spiro atoms. The van der Waals surface area contributed by atoms with Gasteiger partial charge in [-0.25, -0.2) is 4.98 Å². The van der Waals surface area contributed by atoms with Crippen LogP contribution in [0.2, 0.25) is 0 Å². The molecule has 88 valence electrons. The zero-order valence-corrected chi connectivity index (χ0v) is 10.4. The van der Waals surface area contributed by atoms with Crippen molar-refractivity contribution in [3.05, 3.63) is 41.6 Å². The van der Waals surface area contributed by atoms with Crippen LogP contribution < -0.4 is 4.74 Å². The van der Waals surface area contributed by atoms with Crippen LogP contribution in [0.1, 0.15) is 18.1 Å². The van der Waals surface area contributed by atoms with E-state index in [9.17, 15) is 0 Å². The second-order valence-electron chi connectivity index (χ2n) is 3.97. The first-order valence-electron chi connectivity index (χ1n) is 5.74. The lowest BCUT2D eigenvalue weighted by molar-refractivity contribution is 0.326. The molecular weight excluding hydrogens is 212 g/mol. The third kappa shape index (κ3) is 2.61. The summed E-state index contributed by atoms with van der Waals surface area (Å²) < 4.78 is 5.39. The molecule has 0 unspecified atom stereocenters. The third-order valence-corrected chi connectivity index (χ3v) is 2.56. The summed E-state index contributed by atoms with van der Waals surface area (Å²) in [5, 5.41) is 0. The molecule has 0 amide bonds. The average molecular weight is 228 g/mol. The normalized spacial score (nSPS) is 10.3. The predicted molar refractivity (Wildman–Crippen MR) is 68.1 cm³/mol. The lowest BCUT2D eigenvalue weighted by Gasteiger charge is -2.07. The highest BCUT2D eigenvalue weighted by atomic mass is 16.5. The Morgan fingerprint density at radius 1 is 1.18 bits per heavy atom. The Labute approximate surface area is 102 Å². The third-order valence-electron chi connectivity index (χ3n) is 2.56. The monoisotopic (exact) mass is 228 g/mol. The Morgan fingerprint density at radius 2 is 2.00 bits per heavy atom. The Kier molecular flexibility index (Phi) is 3.38. The van der Waals surface area contributed by atoms with Crippen LogP contribution in [0.5, 0.6) is 5.88 Å². The lowest BCUT2D eigenvalue weighted by Crippen LogP contribution is -1.98. The maximum absolute atomic E-state index is 5.39. The fourth-order valence-electron chi connectivity index (χ4n) is 1.68. The van der Waals surface area contributed by atoms with E-state index in [0.29, 0.717) is 12.5 Å². The quantitative estimate of drug-likeness (QED) is 0.809. The van der Waals surface area contributed by atoms with Crippen LogP contribution in [-0.2, 0) is 0 Å². The summed E-state index contributed by atoms with van der Waals surface area (Å²) in [5.41, 5.74) is 3.44. The standard InChI is InChI=1S/C14H16N2O/c1-4-17-13-7-8-15-14(16-13)12-9-10(2)5-6-11(12)3/h5-9H,4H2,1-3H3. The van der Waals surface area contributed by atoms with E-state index in [-0.39, 0.29) is 0 Å². The minimum Gasteiger partial charge on any atom is -0.478 e. The number of hydrogen-bond donors (Lipinski definition) is 0. The second-order valence-corrected chi connectivity index (χ2v) is 3.97. The van der Waals surface area contributed by atoms with Gasteiger partial charge >= 0.3 is 0 Å². The van der Waals surface area contributed by atoms with Crippen molar-refractivity contribution in [2.75, 3.05) is 6.61 Å². The molecule has 0 saturated carbocycles. The number of hydrogen-bond acceptors (Lipinski definition) is 3. The van der Waals surface area contributed by atoms with Gasteiger partial charge in [0.25, 0.3) is 0 Å². The maximum Gasteiger partial charge on any atom is 0.216 e. The molecule has 0 radical (unpaired) electrons. The van der Waals surface area contributed by atoms with Crippen LogP contribution in [0.3, 0.4) is 0 Å². The lowest BCUT2D eigenvalue weighted by atomic mass is 10.1. The summed E-state index contributed by atoms with van der Waals surface area (Å²) in [6.45, 7) is 6.68. The Balaban J connectivity index is 2.45. The van der Waals surface area contributed by atoms with Gasteiger partial charge in [0.1, 0.15) is 0 Å². The molecule has 1 aromatic heterocycles. The summed E-state index contributed by atoms with van der Waals surface area (Å²) >= 11 is 0. The first kappa shape index (κ1) is 11.6. The molecule has 3 nitrogen and oxygen atoms in total. The number of ether oxygens (including phenoxy) is 1. The molecule has 0 aliphatic carbocycles. The summed E-state index contributed by atoms with van der Waals surface area (Å²) in [4.78, 5) is 8.70. The molecule has 1 aromatic carbocycles. The number of rotatable bonds is 3. The van der Waals surface area contributed by atoms with E-state index in [1.807, 2.05) is 6.92 Å². The Morgan fingerprint density at radius 3 is 2.76 bits per heavy atom. The SMILES string of the molecule is CCOc1ccnc(-c2cc(C)ccc2C)n1. The zero-order chi connectivity index (χ0) is 12.3. The van der Waals surface area contributed by atoms with Gasteiger partial charge in [0, 0.05) is 17.8 Å². The molecule has 0 aliphatic heterocycles. The maximum atomic E-state index is 5.39. The summed E-state index contributed by atoms with van der Waals surface area (Å²) in [6.07, 6.45) is 1.73. The fraction of sp³-hybridized carbons (Fsp3) is 0.286. The minimum absolute atomic E-state index is 0.614. The Hall–Kier alpha value is -1.90. The highest BCUT2D eigenvalue weighted by Gasteiger charge is 2.06. The molecule has 0 fully saturated rings. The van der Waals surface area contributed by atoms with E-state index >= 15 is 0 Å². The van der Waals surface area contributed by atoms with Gasteiger partial charge in [-0.1, -0.05) is 17.7 Å². The van der Waals surface area contributed by atoms with E-state index in [0.717, 1.165) is 11.4 Å². The van der Waals surface area contributed by atoms with Gasteiger partial charge in [-0.3, -0.25) is 0 Å². The molecule has 17 heavy (non-hydrogen) atoms. The van der Waals surface area contributed by atoms with Crippen molar-refractivity contribution in [3.8, 4) is 17.3 Å². The van der Waals surface area contributed by atoms with E-state index < -0.39 is 0 Å². The predicted octanol–water partition coefficient (Wildman–Crippen LogP) is 3.16. The van der Waals surface area contributed by atoms with Crippen LogP contribution in [0, 0.1) is 13.8 Å². The van der Waals surface area contributed by atoms with E-state index in [1.54, 1.807) is 12.3 Å². The van der Waals surface area contributed by atoms with Crippen LogP contribution in [0.15, 0.2) is 30.5 Å². The molecule has 0 saturated heterocycles. The smallest absolute Gasteiger partial charge is 0.216 e. The van der Waals surface area contributed by atoms with Gasteiger partial charge in [-0.2, -0.15) is 4.98 Å². The van der Waals surface area contributed by atoms with Crippen molar-refractivity contribution in [3.63, 3.8) is 0 Å². The van der Waals surface area contributed by atoms with Gasteiger partial charge in [-0.05, 0) is 32.4 Å². The van der Waals surface area contributed by atoms with Gasteiger partial charge in [-0.15, -0.1) is 0 Å². The summed E-state index contributed by atoms with van der Waals surface area (Å²) in [5.74, 6) is 1.34. The topological polar surface area (TPSA) is 35.0 Å². The molecule has 3 heteroatoms. The summed E-state index contributed by atoms with van der Waals surface area (Å²) in [6, 6.07) is 8.05. The first-order valence-corrected chi connectivity index (χ1v) is 5.74. The molecule has 0 bridgehead atoms. The van der Waals surface area contributed by atoms with Gasteiger partial charge in [0.05, 0.1) is 6.61 Å². The molecule has 0 aliphatic rings. The van der Waals surface area contributed by atoms with Crippen molar-refractivity contribution in [2.24, 2.45) is 0 Å². The average Bonchev–Trinajstić information content (AvgIpc) is 2.33. The van der Waals surface area contributed by atoms with Crippen molar-refractivity contribution < 1.29 is 4.74 Å². The minimum atomic E-state index is 0.614. The van der Waals surface area contributed by atoms with E-state index in [1.165, 1.54) is 11.1 Å². The molecule has 2 rings (SSSR count). The number of nitrogens with zero attached hydrogens (tertiary/aromatic N) is 2. The molecule has 0 N–H and O–H groups in total. The molecule has 2 aromatic rings. The fourth-order valence-corrected chi connectivity index (χ4v) is 1.68. The van der Waals surface area contributed by atoms with E-state index in [2.05, 4.69) is 42.0 Å². The molecular formula is C14H16N2O. The van der Waals surface area contributed by atoms with E-state index in [4.69, 9.17) is 4.74 Å². The number of aromatic nitrogens is 2. The largest absolute Gasteiger partial charge is 0.478 e. The number of benzene rings is 1. The van der Waals surface area contributed by atoms with Crippen molar-refractivity contribution >= 4 is 0 Å². The van der Waals surface area contributed by atoms with Crippen molar-refractivity contribution in [1.29, 1.82) is 0 Å². The zero-order valence-electron chi connectivity index (χ0n) is 10.4. The van der Waals surface area contributed by atoms with Crippen LogP contribution >= 0.6 is 0 Å². The van der Waals surface area contributed by atoms with Gasteiger partial charge < -0.3 is 4.74 Å². The van der Waals surface area contributed by atoms with Gasteiger partial charge in [0.15, 0.2) is 5.82 Å². The number of aryl methyl sites for hydroxylation is 2. The second kappa shape index (κ2) is 4.95. The molecule has 0 atom stereocenters. The van der Waals surface area contributed by atoms with Crippen molar-refractivity contribution in [2.45, 2.75) is 20.8 Å². The van der Waals surface area contributed by atoms with Crippen molar-refractivity contribution in [1.82, 2.24) is 9.97 Å².